The molecule has 0 bridgehead atoms. The molecule has 27 heavy (non-hydrogen) atoms. The molecule has 0 radical (unpaired) electrons. The molecule has 0 aromatic heterocycles. The number of aryl methyl sites for hydroxylation is 1. The van der Waals surface area contributed by atoms with Gasteiger partial charge in [0.2, 0.25) is 11.8 Å². The highest BCUT2D eigenvalue weighted by molar-refractivity contribution is 5.88. The molecule has 0 spiro atoms. The van der Waals surface area contributed by atoms with Gasteiger partial charge in [0.15, 0.2) is 0 Å². The molecule has 1 aromatic carbocycles. The summed E-state index contributed by atoms with van der Waals surface area (Å²) in [6, 6.07) is 7.85. The van der Waals surface area contributed by atoms with Crippen molar-refractivity contribution in [3.8, 4) is 0 Å². The van der Waals surface area contributed by atoms with Crippen LogP contribution in [0, 0.1) is 18.8 Å². The molecule has 0 aliphatic carbocycles. The quantitative estimate of drug-likeness (QED) is 0.762. The van der Waals surface area contributed by atoms with Crippen LogP contribution in [0.2, 0.25) is 0 Å². The minimum Gasteiger partial charge on any atom is -0.353 e. The highest BCUT2D eigenvalue weighted by Crippen LogP contribution is 2.18. The average molecular weight is 374 g/mol. The zero-order chi connectivity index (χ0) is 20.0. The number of carbonyl (C=O) groups is 2. The second-order valence-corrected chi connectivity index (χ2v) is 8.49. The van der Waals surface area contributed by atoms with Gasteiger partial charge in [0, 0.05) is 32.7 Å². The van der Waals surface area contributed by atoms with Gasteiger partial charge in [-0.15, -0.1) is 0 Å². The molecule has 0 saturated carbocycles. The molecule has 2 amide bonds. The summed E-state index contributed by atoms with van der Waals surface area (Å²) < 4.78 is 0. The van der Waals surface area contributed by atoms with Crippen molar-refractivity contribution in [2.75, 3.05) is 26.2 Å². The zero-order valence-corrected chi connectivity index (χ0v) is 17.5. The number of amides is 2. The predicted octanol–water partition coefficient (Wildman–Crippen LogP) is 2.83. The largest absolute Gasteiger partial charge is 0.353 e. The van der Waals surface area contributed by atoms with Crippen LogP contribution in [-0.4, -0.2) is 53.8 Å². The average Bonchev–Trinajstić information content (AvgIpc) is 2.58. The van der Waals surface area contributed by atoms with Crippen molar-refractivity contribution in [2.45, 2.75) is 53.6 Å². The summed E-state index contributed by atoms with van der Waals surface area (Å²) in [6.07, 6.45) is 0.247. The van der Waals surface area contributed by atoms with Gasteiger partial charge in [-0.25, -0.2) is 0 Å². The summed E-state index contributed by atoms with van der Waals surface area (Å²) in [5.74, 6) is 0.873. The zero-order valence-electron chi connectivity index (χ0n) is 17.5. The smallest absolute Gasteiger partial charge is 0.237 e. The lowest BCUT2D eigenvalue weighted by Crippen LogP contribution is -2.56. The second-order valence-electron chi connectivity index (χ2n) is 8.49. The van der Waals surface area contributed by atoms with E-state index in [1.807, 2.05) is 17.0 Å². The standard InChI is InChI=1S/C22H35N3O2/c1-16(2)13-25(14-17(3)4)21(26)12-20-22(27)23-10-11-24(20)15-19-9-7-6-8-18(19)5/h6-9,16-17,20H,10-15H2,1-5H3,(H,23,27)/t20-/m0/s1. The van der Waals surface area contributed by atoms with Crippen LogP contribution in [0.5, 0.6) is 0 Å². The van der Waals surface area contributed by atoms with Crippen LogP contribution in [0.15, 0.2) is 24.3 Å². The minimum absolute atomic E-state index is 0.0303. The monoisotopic (exact) mass is 373 g/mol. The molecule has 1 aliphatic rings. The van der Waals surface area contributed by atoms with Gasteiger partial charge in [-0.05, 0) is 29.9 Å². The molecular formula is C22H35N3O2. The van der Waals surface area contributed by atoms with Crippen molar-refractivity contribution < 1.29 is 9.59 Å². The van der Waals surface area contributed by atoms with Crippen LogP contribution >= 0.6 is 0 Å². The topological polar surface area (TPSA) is 52.7 Å². The molecule has 150 valence electrons. The molecule has 1 aromatic rings. The molecule has 5 nitrogen and oxygen atoms in total. The van der Waals surface area contributed by atoms with Crippen LogP contribution in [0.1, 0.15) is 45.2 Å². The Hall–Kier alpha value is -1.88. The van der Waals surface area contributed by atoms with E-state index in [0.29, 0.717) is 24.9 Å². The lowest BCUT2D eigenvalue weighted by atomic mass is 10.0. The SMILES string of the molecule is Cc1ccccc1CN1CCNC(=O)[C@@H]1CC(=O)N(CC(C)C)CC(C)C. The molecule has 1 N–H and O–H groups in total. The van der Waals surface area contributed by atoms with Crippen molar-refractivity contribution in [1.82, 2.24) is 15.1 Å². The van der Waals surface area contributed by atoms with Gasteiger partial charge in [0.25, 0.3) is 0 Å². The summed E-state index contributed by atoms with van der Waals surface area (Å²) in [6.45, 7) is 14.2. The molecule has 1 heterocycles. The molecule has 2 rings (SSSR count). The third-order valence-electron chi connectivity index (χ3n) is 4.97. The van der Waals surface area contributed by atoms with Crippen LogP contribution in [0.3, 0.4) is 0 Å². The minimum atomic E-state index is -0.396. The van der Waals surface area contributed by atoms with Gasteiger partial charge in [-0.3, -0.25) is 14.5 Å². The third-order valence-corrected chi connectivity index (χ3v) is 4.97. The number of hydrogen-bond acceptors (Lipinski definition) is 3. The molecule has 1 saturated heterocycles. The van der Waals surface area contributed by atoms with Gasteiger partial charge in [-0.2, -0.15) is 0 Å². The number of rotatable bonds is 8. The van der Waals surface area contributed by atoms with Gasteiger partial charge >= 0.3 is 0 Å². The first-order valence-electron chi connectivity index (χ1n) is 10.1. The summed E-state index contributed by atoms with van der Waals surface area (Å²) in [5.41, 5.74) is 2.43. The van der Waals surface area contributed by atoms with Crippen molar-refractivity contribution in [3.63, 3.8) is 0 Å². The van der Waals surface area contributed by atoms with Gasteiger partial charge in [-0.1, -0.05) is 52.0 Å². The number of carbonyl (C=O) groups excluding carboxylic acids is 2. The van der Waals surface area contributed by atoms with E-state index in [-0.39, 0.29) is 18.2 Å². The second kappa shape index (κ2) is 9.88. The van der Waals surface area contributed by atoms with Crippen LogP contribution in [0.4, 0.5) is 0 Å². The van der Waals surface area contributed by atoms with Crippen molar-refractivity contribution in [3.05, 3.63) is 35.4 Å². The Morgan fingerprint density at radius 2 is 1.81 bits per heavy atom. The maximum atomic E-state index is 13.0. The number of hydrogen-bond donors (Lipinski definition) is 1. The van der Waals surface area contributed by atoms with Crippen LogP contribution in [-0.2, 0) is 16.1 Å². The Bertz CT molecular complexity index is 632. The molecule has 1 aliphatic heterocycles. The van der Waals surface area contributed by atoms with Gasteiger partial charge in [0.1, 0.15) is 0 Å². The maximum Gasteiger partial charge on any atom is 0.237 e. The van der Waals surface area contributed by atoms with E-state index in [4.69, 9.17) is 0 Å². The lowest BCUT2D eigenvalue weighted by Gasteiger charge is -2.36. The maximum absolute atomic E-state index is 13.0. The predicted molar refractivity (Wildman–Crippen MR) is 109 cm³/mol. The molecule has 1 fully saturated rings. The van der Waals surface area contributed by atoms with Crippen molar-refractivity contribution >= 4 is 11.8 Å². The van der Waals surface area contributed by atoms with E-state index in [2.05, 4.69) is 57.0 Å². The highest BCUT2D eigenvalue weighted by Gasteiger charge is 2.33. The number of piperazine rings is 1. The molecule has 5 heteroatoms. The third kappa shape index (κ3) is 6.35. The lowest BCUT2D eigenvalue weighted by molar-refractivity contribution is -0.139. The molecule has 1 atom stereocenters. The molecule has 0 unspecified atom stereocenters. The summed E-state index contributed by atoms with van der Waals surface area (Å²) in [7, 11) is 0. The fraction of sp³-hybridized carbons (Fsp3) is 0.636. The number of nitrogens with zero attached hydrogens (tertiary/aromatic N) is 2. The summed E-state index contributed by atoms with van der Waals surface area (Å²) in [5, 5.41) is 2.94. The van der Waals surface area contributed by atoms with Gasteiger partial charge < -0.3 is 10.2 Å². The number of nitrogens with one attached hydrogen (secondary N) is 1. The summed E-state index contributed by atoms with van der Waals surface area (Å²) >= 11 is 0. The first-order valence-corrected chi connectivity index (χ1v) is 10.1. The van der Waals surface area contributed by atoms with E-state index < -0.39 is 6.04 Å². The van der Waals surface area contributed by atoms with Crippen molar-refractivity contribution in [1.29, 1.82) is 0 Å². The fourth-order valence-electron chi connectivity index (χ4n) is 3.63. The highest BCUT2D eigenvalue weighted by atomic mass is 16.2. The van der Waals surface area contributed by atoms with E-state index in [9.17, 15) is 9.59 Å². The number of benzene rings is 1. The van der Waals surface area contributed by atoms with E-state index in [1.54, 1.807) is 0 Å². The van der Waals surface area contributed by atoms with Gasteiger partial charge in [0.05, 0.1) is 12.5 Å². The molecular weight excluding hydrogens is 338 g/mol. The Kier molecular flexibility index (Phi) is 7.84. The van der Waals surface area contributed by atoms with E-state index in [1.165, 1.54) is 11.1 Å². The van der Waals surface area contributed by atoms with Crippen LogP contribution in [0.25, 0.3) is 0 Å². The Morgan fingerprint density at radius 3 is 2.41 bits per heavy atom. The summed E-state index contributed by atoms with van der Waals surface area (Å²) in [4.78, 5) is 29.7. The normalized spacial score (nSPS) is 18.0. The van der Waals surface area contributed by atoms with Crippen LogP contribution < -0.4 is 5.32 Å². The first kappa shape index (κ1) is 21.4. The van der Waals surface area contributed by atoms with E-state index in [0.717, 1.165) is 19.6 Å². The fourth-order valence-corrected chi connectivity index (χ4v) is 3.63. The Morgan fingerprint density at radius 1 is 1.19 bits per heavy atom. The van der Waals surface area contributed by atoms with Crippen molar-refractivity contribution in [2.24, 2.45) is 11.8 Å². The Balaban J connectivity index is 2.12. The van der Waals surface area contributed by atoms with E-state index >= 15 is 0 Å². The Labute approximate surface area is 164 Å². The first-order chi connectivity index (χ1) is 12.8.